The van der Waals surface area contributed by atoms with Crippen molar-refractivity contribution in [3.05, 3.63) is 0 Å². The van der Waals surface area contributed by atoms with Crippen molar-refractivity contribution in [2.75, 3.05) is 19.8 Å². The minimum atomic E-state index is -4.37. The fourth-order valence-electron chi connectivity index (χ4n) is 1.61. The van der Waals surface area contributed by atoms with Crippen LogP contribution in [0.25, 0.3) is 0 Å². The summed E-state index contributed by atoms with van der Waals surface area (Å²) in [6, 6.07) is 0. The lowest BCUT2D eigenvalue weighted by Crippen LogP contribution is -2.37. The van der Waals surface area contributed by atoms with Gasteiger partial charge in [-0.25, -0.2) is 0 Å². The molecule has 0 heterocycles. The molecular formula is C10H19F3O3. The second-order valence-electron chi connectivity index (χ2n) is 5.07. The SMILES string of the molecule is CC(C)(O)CC(C)(CO)COCC(F)(F)F. The van der Waals surface area contributed by atoms with Gasteiger partial charge in [-0.3, -0.25) is 0 Å². The molecular weight excluding hydrogens is 225 g/mol. The van der Waals surface area contributed by atoms with Crippen molar-refractivity contribution < 1.29 is 28.1 Å². The standard InChI is InChI=1S/C10H19F3O3/c1-8(2,15)4-9(3,5-14)6-16-7-10(11,12)13/h14-15H,4-7H2,1-3H3. The summed E-state index contributed by atoms with van der Waals surface area (Å²) in [5.74, 6) is 0. The fraction of sp³-hybridized carbons (Fsp3) is 1.00. The minimum Gasteiger partial charge on any atom is -0.396 e. The van der Waals surface area contributed by atoms with Crippen LogP contribution in [0.3, 0.4) is 0 Å². The third-order valence-electron chi connectivity index (χ3n) is 1.96. The van der Waals surface area contributed by atoms with Crippen LogP contribution in [-0.2, 0) is 4.74 Å². The third kappa shape index (κ3) is 7.90. The molecule has 0 aromatic carbocycles. The number of ether oxygens (including phenoxy) is 1. The molecule has 0 saturated heterocycles. The zero-order valence-electron chi connectivity index (χ0n) is 9.76. The fourth-order valence-corrected chi connectivity index (χ4v) is 1.61. The van der Waals surface area contributed by atoms with E-state index in [-0.39, 0.29) is 19.6 Å². The van der Waals surface area contributed by atoms with E-state index in [2.05, 4.69) is 4.74 Å². The lowest BCUT2D eigenvalue weighted by atomic mass is 9.81. The van der Waals surface area contributed by atoms with E-state index < -0.39 is 23.8 Å². The van der Waals surface area contributed by atoms with Crippen LogP contribution in [0.2, 0.25) is 0 Å². The van der Waals surface area contributed by atoms with Crippen LogP contribution in [-0.4, -0.2) is 41.8 Å². The highest BCUT2D eigenvalue weighted by Crippen LogP contribution is 2.29. The highest BCUT2D eigenvalue weighted by Gasteiger charge is 2.33. The molecule has 0 amide bonds. The van der Waals surface area contributed by atoms with Crippen molar-refractivity contribution in [1.82, 2.24) is 0 Å². The maximum absolute atomic E-state index is 11.8. The Bertz CT molecular complexity index is 210. The van der Waals surface area contributed by atoms with Gasteiger partial charge in [0.05, 0.1) is 18.8 Å². The third-order valence-corrected chi connectivity index (χ3v) is 1.96. The molecule has 0 aliphatic carbocycles. The summed E-state index contributed by atoms with van der Waals surface area (Å²) in [6.07, 6.45) is -4.21. The topological polar surface area (TPSA) is 49.7 Å². The summed E-state index contributed by atoms with van der Waals surface area (Å²) in [5, 5.41) is 18.7. The molecule has 0 aromatic rings. The van der Waals surface area contributed by atoms with Gasteiger partial charge in [0.1, 0.15) is 6.61 Å². The summed E-state index contributed by atoms with van der Waals surface area (Å²) in [7, 11) is 0. The van der Waals surface area contributed by atoms with Crippen LogP contribution in [0.1, 0.15) is 27.2 Å². The molecule has 3 nitrogen and oxygen atoms in total. The van der Waals surface area contributed by atoms with Crippen LogP contribution in [0.4, 0.5) is 13.2 Å². The average molecular weight is 244 g/mol. The van der Waals surface area contributed by atoms with E-state index >= 15 is 0 Å². The molecule has 0 spiro atoms. The zero-order chi connectivity index (χ0) is 13.0. The van der Waals surface area contributed by atoms with Gasteiger partial charge in [0.2, 0.25) is 0 Å². The highest BCUT2D eigenvalue weighted by molar-refractivity contribution is 4.81. The number of hydrogen-bond donors (Lipinski definition) is 2. The van der Waals surface area contributed by atoms with Crippen molar-refractivity contribution in [2.24, 2.45) is 5.41 Å². The second kappa shape index (κ2) is 5.33. The van der Waals surface area contributed by atoms with Crippen LogP contribution in [0, 0.1) is 5.41 Å². The first-order valence-corrected chi connectivity index (χ1v) is 4.95. The van der Waals surface area contributed by atoms with Gasteiger partial charge >= 0.3 is 6.18 Å². The van der Waals surface area contributed by atoms with Gasteiger partial charge < -0.3 is 14.9 Å². The van der Waals surface area contributed by atoms with Crippen LogP contribution in [0.15, 0.2) is 0 Å². The van der Waals surface area contributed by atoms with Crippen LogP contribution in [0.5, 0.6) is 0 Å². The first-order chi connectivity index (χ1) is 6.97. The van der Waals surface area contributed by atoms with E-state index in [1.807, 2.05) is 0 Å². The van der Waals surface area contributed by atoms with Crippen LogP contribution < -0.4 is 0 Å². The van der Waals surface area contributed by atoms with Gasteiger partial charge in [-0.2, -0.15) is 13.2 Å². The molecule has 98 valence electrons. The predicted molar refractivity (Wildman–Crippen MR) is 53.0 cm³/mol. The minimum absolute atomic E-state index is 0.161. The summed E-state index contributed by atoms with van der Waals surface area (Å²) >= 11 is 0. The van der Waals surface area contributed by atoms with Gasteiger partial charge in [-0.1, -0.05) is 6.92 Å². The Balaban J connectivity index is 4.18. The normalized spacial score (nSPS) is 17.2. The lowest BCUT2D eigenvalue weighted by Gasteiger charge is -2.33. The Kier molecular flexibility index (Phi) is 5.22. The van der Waals surface area contributed by atoms with E-state index in [1.165, 1.54) is 13.8 Å². The van der Waals surface area contributed by atoms with E-state index in [0.29, 0.717) is 0 Å². The van der Waals surface area contributed by atoms with Gasteiger partial charge in [-0.15, -0.1) is 0 Å². The molecule has 0 bridgehead atoms. The van der Waals surface area contributed by atoms with Crippen molar-refractivity contribution in [2.45, 2.75) is 39.0 Å². The van der Waals surface area contributed by atoms with Gasteiger partial charge in [0.25, 0.3) is 0 Å². The van der Waals surface area contributed by atoms with E-state index in [4.69, 9.17) is 5.11 Å². The molecule has 1 atom stereocenters. The summed E-state index contributed by atoms with van der Waals surface area (Å²) in [4.78, 5) is 0. The van der Waals surface area contributed by atoms with Gasteiger partial charge in [0.15, 0.2) is 0 Å². The van der Waals surface area contributed by atoms with Crippen molar-refractivity contribution >= 4 is 0 Å². The zero-order valence-corrected chi connectivity index (χ0v) is 9.76. The Morgan fingerprint density at radius 1 is 1.06 bits per heavy atom. The number of aliphatic hydroxyl groups is 2. The number of alkyl halides is 3. The molecule has 1 unspecified atom stereocenters. The Morgan fingerprint density at radius 2 is 1.56 bits per heavy atom. The predicted octanol–water partition coefficient (Wildman–Crippen LogP) is 1.72. The molecule has 6 heteroatoms. The van der Waals surface area contributed by atoms with Gasteiger partial charge in [-0.05, 0) is 20.3 Å². The molecule has 0 aliphatic heterocycles. The van der Waals surface area contributed by atoms with Crippen molar-refractivity contribution in [3.8, 4) is 0 Å². The largest absolute Gasteiger partial charge is 0.411 e. The van der Waals surface area contributed by atoms with Gasteiger partial charge in [0, 0.05) is 5.41 Å². The highest BCUT2D eigenvalue weighted by atomic mass is 19.4. The Morgan fingerprint density at radius 3 is 1.88 bits per heavy atom. The first kappa shape index (κ1) is 15.7. The quantitative estimate of drug-likeness (QED) is 0.748. The number of rotatable bonds is 6. The van der Waals surface area contributed by atoms with Crippen LogP contribution >= 0.6 is 0 Å². The number of halogens is 3. The molecule has 0 radical (unpaired) electrons. The van der Waals surface area contributed by atoms with E-state index in [0.717, 1.165) is 0 Å². The Hall–Kier alpha value is -0.330. The molecule has 0 aromatic heterocycles. The maximum Gasteiger partial charge on any atom is 0.411 e. The molecule has 16 heavy (non-hydrogen) atoms. The number of hydrogen-bond acceptors (Lipinski definition) is 3. The molecule has 2 N–H and O–H groups in total. The lowest BCUT2D eigenvalue weighted by molar-refractivity contribution is -0.184. The molecule has 0 fully saturated rings. The molecule has 0 rings (SSSR count). The average Bonchev–Trinajstić information content (AvgIpc) is 1.98. The second-order valence-corrected chi connectivity index (χ2v) is 5.07. The smallest absolute Gasteiger partial charge is 0.396 e. The van der Waals surface area contributed by atoms with Crippen molar-refractivity contribution in [3.63, 3.8) is 0 Å². The molecule has 0 aliphatic rings. The summed E-state index contributed by atoms with van der Waals surface area (Å²) < 4.78 is 40.0. The van der Waals surface area contributed by atoms with Crippen molar-refractivity contribution in [1.29, 1.82) is 0 Å². The molecule has 0 saturated carbocycles. The number of aliphatic hydroxyl groups excluding tert-OH is 1. The monoisotopic (exact) mass is 244 g/mol. The maximum atomic E-state index is 11.8. The Labute approximate surface area is 93.2 Å². The van der Waals surface area contributed by atoms with E-state index in [9.17, 15) is 18.3 Å². The van der Waals surface area contributed by atoms with E-state index in [1.54, 1.807) is 6.92 Å². The first-order valence-electron chi connectivity index (χ1n) is 4.95. The summed E-state index contributed by atoms with van der Waals surface area (Å²) in [5.41, 5.74) is -1.93. The summed E-state index contributed by atoms with van der Waals surface area (Å²) in [6.45, 7) is 2.72.